The topological polar surface area (TPSA) is 32.8 Å². The summed E-state index contributed by atoms with van der Waals surface area (Å²) in [5.41, 5.74) is 1.95. The van der Waals surface area contributed by atoms with Crippen molar-refractivity contribution in [3.8, 4) is 5.75 Å². The first-order valence-corrected chi connectivity index (χ1v) is 11.5. The second kappa shape index (κ2) is 10.8. The maximum atomic E-state index is 13.7. The van der Waals surface area contributed by atoms with Crippen molar-refractivity contribution < 1.29 is 27.1 Å². The molecule has 1 heterocycles. The van der Waals surface area contributed by atoms with Gasteiger partial charge in [-0.25, -0.2) is 8.78 Å². The van der Waals surface area contributed by atoms with E-state index < -0.39 is 29.0 Å². The van der Waals surface area contributed by atoms with Gasteiger partial charge in [-0.1, -0.05) is 41.4 Å². The van der Waals surface area contributed by atoms with Gasteiger partial charge in [0.05, 0.1) is 10.0 Å². The highest BCUT2D eigenvalue weighted by Gasteiger charge is 2.23. The Morgan fingerprint density at radius 2 is 1.40 bits per heavy atom. The lowest BCUT2D eigenvalue weighted by molar-refractivity contribution is 0.0628. The molecule has 3 aromatic carbocycles. The first kappa shape index (κ1) is 25.3. The van der Waals surface area contributed by atoms with E-state index in [1.165, 1.54) is 0 Å². The van der Waals surface area contributed by atoms with Crippen LogP contribution in [0.1, 0.15) is 21.5 Å². The van der Waals surface area contributed by atoms with Crippen molar-refractivity contribution in [1.82, 2.24) is 9.80 Å². The zero-order chi connectivity index (χ0) is 25.1. The Balaban J connectivity index is 1.31. The summed E-state index contributed by atoms with van der Waals surface area (Å²) in [5.74, 6) is -7.56. The van der Waals surface area contributed by atoms with Gasteiger partial charge in [0.1, 0.15) is 6.61 Å². The van der Waals surface area contributed by atoms with E-state index in [0.717, 1.165) is 5.56 Å². The molecule has 4 nitrogen and oxygen atoms in total. The van der Waals surface area contributed by atoms with Gasteiger partial charge in [0.2, 0.25) is 11.6 Å². The molecule has 0 unspecified atom stereocenters. The molecule has 10 heteroatoms. The molecule has 0 atom stereocenters. The zero-order valence-electron chi connectivity index (χ0n) is 18.3. The lowest BCUT2D eigenvalue weighted by Crippen LogP contribution is -2.48. The molecule has 1 aliphatic heterocycles. The smallest absolute Gasteiger partial charge is 0.253 e. The fraction of sp³-hybridized carbons (Fsp3) is 0.240. The highest BCUT2D eigenvalue weighted by atomic mass is 35.5. The van der Waals surface area contributed by atoms with Crippen LogP contribution < -0.4 is 4.74 Å². The van der Waals surface area contributed by atoms with Gasteiger partial charge in [-0.15, -0.1) is 0 Å². The van der Waals surface area contributed by atoms with E-state index in [2.05, 4.69) is 4.90 Å². The number of carbonyl (C=O) groups excluding carboxylic acids is 1. The molecule has 0 spiro atoms. The molecule has 0 aromatic heterocycles. The second-order valence-corrected chi connectivity index (χ2v) is 8.91. The predicted octanol–water partition coefficient (Wildman–Crippen LogP) is 6.09. The number of hydrogen-bond acceptors (Lipinski definition) is 3. The van der Waals surface area contributed by atoms with Gasteiger partial charge < -0.3 is 9.64 Å². The first-order valence-electron chi connectivity index (χ1n) is 10.7. The molecule has 184 valence electrons. The number of nitrogens with zero attached hydrogens (tertiary/aromatic N) is 2. The minimum Gasteiger partial charge on any atom is -0.483 e. The SMILES string of the molecule is O=C(c1ccc(COc2c(F)c(F)cc(F)c2F)cc1)N1CCN(Cc2ccc(Cl)c(Cl)c2)CC1. The summed E-state index contributed by atoms with van der Waals surface area (Å²) >= 11 is 12.0. The Bertz CT molecular complexity index is 1210. The third-order valence-electron chi connectivity index (χ3n) is 5.71. The molecular formula is C25H20Cl2F4N2O2. The summed E-state index contributed by atoms with van der Waals surface area (Å²) in [6, 6.07) is 11.9. The van der Waals surface area contributed by atoms with Gasteiger partial charge in [0, 0.05) is 44.4 Å². The maximum Gasteiger partial charge on any atom is 0.253 e. The number of piperazine rings is 1. The highest BCUT2D eigenvalue weighted by molar-refractivity contribution is 6.42. The Hall–Kier alpha value is -2.81. The molecule has 0 bridgehead atoms. The molecule has 0 saturated carbocycles. The maximum absolute atomic E-state index is 13.7. The molecular weight excluding hydrogens is 507 g/mol. The average molecular weight is 527 g/mol. The van der Waals surface area contributed by atoms with Crippen LogP contribution in [0.3, 0.4) is 0 Å². The summed E-state index contributed by atoms with van der Waals surface area (Å²) in [7, 11) is 0. The quantitative estimate of drug-likeness (QED) is 0.288. The number of benzene rings is 3. The Kier molecular flexibility index (Phi) is 7.84. The van der Waals surface area contributed by atoms with Gasteiger partial charge in [0.25, 0.3) is 5.91 Å². The fourth-order valence-corrected chi connectivity index (χ4v) is 4.09. The summed E-state index contributed by atoms with van der Waals surface area (Å²) in [6.07, 6.45) is 0. The highest BCUT2D eigenvalue weighted by Crippen LogP contribution is 2.27. The van der Waals surface area contributed by atoms with E-state index in [1.807, 2.05) is 12.1 Å². The number of amides is 1. The first-order chi connectivity index (χ1) is 16.7. The normalized spacial score (nSPS) is 14.3. The van der Waals surface area contributed by atoms with Gasteiger partial charge in [-0.2, -0.15) is 8.78 Å². The van der Waals surface area contributed by atoms with E-state index in [9.17, 15) is 22.4 Å². The van der Waals surface area contributed by atoms with Crippen LogP contribution in [0.15, 0.2) is 48.5 Å². The molecule has 1 saturated heterocycles. The average Bonchev–Trinajstić information content (AvgIpc) is 2.85. The number of ether oxygens (including phenoxy) is 1. The van der Waals surface area contributed by atoms with Crippen molar-refractivity contribution in [2.45, 2.75) is 13.2 Å². The van der Waals surface area contributed by atoms with Crippen LogP contribution in [0.5, 0.6) is 5.75 Å². The zero-order valence-corrected chi connectivity index (χ0v) is 19.9. The number of halogens is 6. The Labute approximate surface area is 209 Å². The molecule has 1 amide bonds. The van der Waals surface area contributed by atoms with Gasteiger partial charge >= 0.3 is 0 Å². The van der Waals surface area contributed by atoms with Gasteiger partial charge in [-0.05, 0) is 35.4 Å². The third kappa shape index (κ3) is 5.89. The summed E-state index contributed by atoms with van der Waals surface area (Å²) in [6.45, 7) is 2.85. The van der Waals surface area contributed by atoms with Crippen molar-refractivity contribution in [3.63, 3.8) is 0 Å². The van der Waals surface area contributed by atoms with E-state index in [0.29, 0.717) is 53.9 Å². The fourth-order valence-electron chi connectivity index (χ4n) is 3.76. The van der Waals surface area contributed by atoms with Crippen LogP contribution in [0.2, 0.25) is 10.0 Å². The third-order valence-corrected chi connectivity index (χ3v) is 6.44. The van der Waals surface area contributed by atoms with E-state index in [4.69, 9.17) is 27.9 Å². The van der Waals surface area contributed by atoms with E-state index in [1.54, 1.807) is 35.2 Å². The standard InChI is InChI=1S/C25H20Cl2F4N2O2/c26-18-6-3-16(11-19(18)27)13-32-7-9-33(10-8-32)25(34)17-4-1-15(2-5-17)14-35-24-22(30)20(28)12-21(29)23(24)31/h1-6,11-12H,7-10,13-14H2. The van der Waals surface area contributed by atoms with Crippen molar-refractivity contribution in [2.24, 2.45) is 0 Å². The molecule has 35 heavy (non-hydrogen) atoms. The summed E-state index contributed by atoms with van der Waals surface area (Å²) < 4.78 is 59.0. The van der Waals surface area contributed by atoms with Crippen molar-refractivity contribution >= 4 is 29.1 Å². The Morgan fingerprint density at radius 1 is 0.800 bits per heavy atom. The van der Waals surface area contributed by atoms with E-state index >= 15 is 0 Å². The molecule has 0 radical (unpaired) electrons. The lowest BCUT2D eigenvalue weighted by atomic mass is 10.1. The van der Waals surface area contributed by atoms with Crippen LogP contribution in [0.4, 0.5) is 17.6 Å². The minimum absolute atomic E-state index is 0.116. The lowest BCUT2D eigenvalue weighted by Gasteiger charge is -2.34. The van der Waals surface area contributed by atoms with Crippen molar-refractivity contribution in [1.29, 1.82) is 0 Å². The molecule has 3 aromatic rings. The molecule has 0 N–H and O–H groups in total. The minimum atomic E-state index is -1.60. The van der Waals surface area contributed by atoms with Crippen LogP contribution in [0.25, 0.3) is 0 Å². The predicted molar refractivity (Wildman–Crippen MR) is 125 cm³/mol. The van der Waals surface area contributed by atoms with Crippen LogP contribution in [0, 0.1) is 23.3 Å². The van der Waals surface area contributed by atoms with Crippen LogP contribution in [-0.4, -0.2) is 41.9 Å². The Morgan fingerprint density at radius 3 is 2.00 bits per heavy atom. The largest absolute Gasteiger partial charge is 0.483 e. The van der Waals surface area contributed by atoms with Crippen molar-refractivity contribution in [2.75, 3.05) is 26.2 Å². The molecule has 0 aliphatic carbocycles. The van der Waals surface area contributed by atoms with E-state index in [-0.39, 0.29) is 18.6 Å². The van der Waals surface area contributed by atoms with Crippen molar-refractivity contribution in [3.05, 3.63) is 98.5 Å². The second-order valence-electron chi connectivity index (χ2n) is 8.10. The number of rotatable bonds is 6. The summed E-state index contributed by atoms with van der Waals surface area (Å²) in [4.78, 5) is 16.8. The molecule has 1 fully saturated rings. The number of hydrogen-bond donors (Lipinski definition) is 0. The molecule has 4 rings (SSSR count). The van der Waals surface area contributed by atoms with Crippen LogP contribution >= 0.6 is 23.2 Å². The van der Waals surface area contributed by atoms with Crippen LogP contribution in [-0.2, 0) is 13.2 Å². The van der Waals surface area contributed by atoms with Gasteiger partial charge in [0.15, 0.2) is 17.4 Å². The monoisotopic (exact) mass is 526 g/mol. The summed E-state index contributed by atoms with van der Waals surface area (Å²) in [5, 5.41) is 1.01. The number of carbonyl (C=O) groups is 1. The van der Waals surface area contributed by atoms with Gasteiger partial charge in [-0.3, -0.25) is 9.69 Å². The molecule has 1 aliphatic rings.